The molecule has 0 aliphatic heterocycles. The number of carbonyl (C=O) groups excluding carboxylic acids is 1. The molecule has 0 heterocycles. The number of carbonyl (C=O) groups is 1. The van der Waals surface area contributed by atoms with Crippen molar-refractivity contribution in [1.82, 2.24) is 4.90 Å². The first-order chi connectivity index (χ1) is 28.7. The van der Waals surface area contributed by atoms with Crippen molar-refractivity contribution in [2.24, 2.45) is 33.5 Å². The van der Waals surface area contributed by atoms with Crippen LogP contribution in [0.5, 0.6) is 5.75 Å². The van der Waals surface area contributed by atoms with E-state index >= 15 is 0 Å². The Labute approximate surface area is 352 Å². The number of hydrogen-bond acceptors (Lipinski definition) is 7. The summed E-state index contributed by atoms with van der Waals surface area (Å²) >= 11 is 0. The molecule has 9 rings (SSSR count). The molecule has 61 heavy (non-hydrogen) atoms. The number of allylic oxidation sites excluding steroid dienone is 4. The molecule has 2 bridgehead atoms. The maximum Gasteiger partial charge on any atom is 0.573 e. The quantitative estimate of drug-likeness (QED) is 0.0896. The molecule has 9 atom stereocenters. The summed E-state index contributed by atoms with van der Waals surface area (Å²) in [6, 6.07) is 19.5. The van der Waals surface area contributed by atoms with Gasteiger partial charge in [0.05, 0.1) is 36.6 Å². The lowest BCUT2D eigenvalue weighted by Crippen LogP contribution is -2.67. The molecule has 7 nitrogen and oxygen atoms in total. The van der Waals surface area contributed by atoms with E-state index < -0.39 is 57.9 Å². The van der Waals surface area contributed by atoms with Gasteiger partial charge in [-0.25, -0.2) is 0 Å². The molecule has 1 unspecified atom stereocenters. The fourth-order valence-electron chi connectivity index (χ4n) is 12.4. The molecule has 3 aromatic carbocycles. The number of ether oxygens (including phenoxy) is 2. The summed E-state index contributed by atoms with van der Waals surface area (Å²) in [7, 11) is 0. The van der Waals surface area contributed by atoms with Crippen LogP contribution in [0.3, 0.4) is 0 Å². The first kappa shape index (κ1) is 43.6. The van der Waals surface area contributed by atoms with Crippen LogP contribution >= 0.6 is 0 Å². The van der Waals surface area contributed by atoms with E-state index in [2.05, 4.69) is 23.8 Å². The SMILES string of the molecule is C[C@]12CC[C@H]3[C@]4(C=C[C@@]5(C=C4C(=O)c4cccc(C(F)(F)F)c4)CC(O)CC[C@]35C)[C@@H]1CC[C@@]2(O)CN(Cc1ccc(OC(F)(F)F)cc1)C[C@@H](O)COCc1ccccc1. The van der Waals surface area contributed by atoms with E-state index in [0.29, 0.717) is 56.1 Å². The maximum atomic E-state index is 14.9. The number of ketones is 1. The van der Waals surface area contributed by atoms with Gasteiger partial charge in [-0.2, -0.15) is 13.2 Å². The van der Waals surface area contributed by atoms with Gasteiger partial charge in [0.15, 0.2) is 5.78 Å². The summed E-state index contributed by atoms with van der Waals surface area (Å²) in [6.45, 7) is 4.83. The number of halogens is 6. The van der Waals surface area contributed by atoms with Crippen LogP contribution in [0.25, 0.3) is 0 Å². The van der Waals surface area contributed by atoms with E-state index in [9.17, 15) is 46.5 Å². The minimum absolute atomic E-state index is 0.0154. The van der Waals surface area contributed by atoms with Crippen molar-refractivity contribution in [3.63, 3.8) is 0 Å². The van der Waals surface area contributed by atoms with Gasteiger partial charge in [-0.3, -0.25) is 9.69 Å². The summed E-state index contributed by atoms with van der Waals surface area (Å²) in [4.78, 5) is 16.8. The number of benzene rings is 3. The minimum atomic E-state index is -4.86. The van der Waals surface area contributed by atoms with Crippen LogP contribution in [0.15, 0.2) is 103 Å². The Morgan fingerprint density at radius 1 is 0.852 bits per heavy atom. The summed E-state index contributed by atoms with van der Waals surface area (Å²) in [5, 5.41) is 35.5. The van der Waals surface area contributed by atoms with Crippen molar-refractivity contribution in [2.45, 2.75) is 102 Å². The zero-order valence-electron chi connectivity index (χ0n) is 34.3. The predicted molar refractivity (Wildman–Crippen MR) is 215 cm³/mol. The average Bonchev–Trinajstić information content (AvgIpc) is 3.47. The molecule has 3 saturated carbocycles. The number of rotatable bonds is 13. The van der Waals surface area contributed by atoms with Crippen molar-refractivity contribution >= 4 is 5.78 Å². The highest BCUT2D eigenvalue weighted by molar-refractivity contribution is 6.10. The molecule has 0 saturated heterocycles. The van der Waals surface area contributed by atoms with Crippen molar-refractivity contribution in [1.29, 1.82) is 0 Å². The van der Waals surface area contributed by atoms with Gasteiger partial charge in [-0.05, 0) is 97.6 Å². The van der Waals surface area contributed by atoms with E-state index in [1.54, 1.807) is 0 Å². The Morgan fingerprint density at radius 2 is 1.54 bits per heavy atom. The Balaban J connectivity index is 1.12. The van der Waals surface area contributed by atoms with Crippen LogP contribution in [0.1, 0.15) is 85.8 Å². The minimum Gasteiger partial charge on any atom is -0.406 e. The van der Waals surface area contributed by atoms with Crippen molar-refractivity contribution in [3.05, 3.63) is 125 Å². The normalized spacial score (nSPS) is 33.4. The monoisotopic (exact) mass is 853 g/mol. The Bertz CT molecular complexity index is 2160. The second-order valence-electron chi connectivity index (χ2n) is 18.7. The van der Waals surface area contributed by atoms with E-state index in [0.717, 1.165) is 17.7 Å². The van der Waals surface area contributed by atoms with Gasteiger partial charge in [0.25, 0.3) is 0 Å². The molecule has 3 N–H and O–H groups in total. The molecule has 0 radical (unpaired) electrons. The maximum absolute atomic E-state index is 14.9. The molecule has 0 aromatic heterocycles. The highest BCUT2D eigenvalue weighted by atomic mass is 19.4. The van der Waals surface area contributed by atoms with Crippen LogP contribution < -0.4 is 4.74 Å². The topological polar surface area (TPSA) is 99.5 Å². The first-order valence-corrected chi connectivity index (χ1v) is 21.1. The van der Waals surface area contributed by atoms with Crippen LogP contribution in [-0.4, -0.2) is 69.9 Å². The number of aliphatic hydroxyl groups excluding tert-OH is 2. The van der Waals surface area contributed by atoms with Gasteiger partial charge < -0.3 is 24.8 Å². The lowest BCUT2D eigenvalue weighted by molar-refractivity contribution is -0.274. The molecule has 6 aliphatic rings. The van der Waals surface area contributed by atoms with Crippen LogP contribution in [0.4, 0.5) is 26.3 Å². The van der Waals surface area contributed by atoms with Gasteiger partial charge in [0.2, 0.25) is 0 Å². The molecule has 6 aliphatic carbocycles. The molecular weight excluding hydrogens is 801 g/mol. The largest absolute Gasteiger partial charge is 0.573 e. The summed E-state index contributed by atoms with van der Waals surface area (Å²) in [5.41, 5.74) is -3.17. The van der Waals surface area contributed by atoms with Crippen molar-refractivity contribution < 1.29 is 55.9 Å². The smallest absolute Gasteiger partial charge is 0.406 e. The molecule has 3 aromatic rings. The van der Waals surface area contributed by atoms with Crippen LogP contribution in [-0.2, 0) is 24.1 Å². The Hall–Kier alpha value is -4.01. The number of nitrogens with zero attached hydrogens (tertiary/aromatic N) is 1. The molecule has 13 heteroatoms. The van der Waals surface area contributed by atoms with Gasteiger partial charge in [0.1, 0.15) is 5.75 Å². The fourth-order valence-corrected chi connectivity index (χ4v) is 12.4. The second kappa shape index (κ2) is 15.7. The summed E-state index contributed by atoms with van der Waals surface area (Å²) < 4.78 is 90.8. The van der Waals surface area contributed by atoms with Crippen LogP contribution in [0, 0.1) is 33.5 Å². The van der Waals surface area contributed by atoms with Gasteiger partial charge in [-0.15, -0.1) is 13.2 Å². The molecule has 328 valence electrons. The average molecular weight is 854 g/mol. The van der Waals surface area contributed by atoms with E-state index in [-0.39, 0.29) is 61.4 Å². The first-order valence-electron chi connectivity index (χ1n) is 21.1. The number of aliphatic hydroxyl groups is 3. The predicted octanol–water partition coefficient (Wildman–Crippen LogP) is 9.46. The third-order valence-corrected chi connectivity index (χ3v) is 15.3. The Morgan fingerprint density at radius 3 is 2.25 bits per heavy atom. The van der Waals surface area contributed by atoms with Gasteiger partial charge >= 0.3 is 12.5 Å². The number of Topliss-reactive ketones (excluding diaryl/α,β-unsaturated/α-hetero) is 1. The Kier molecular flexibility index (Phi) is 11.2. The van der Waals surface area contributed by atoms with Crippen molar-refractivity contribution in [3.8, 4) is 5.75 Å². The molecular formula is C48H53F6NO6. The summed E-state index contributed by atoms with van der Waals surface area (Å²) in [5.74, 6) is -1.26. The number of alkyl halides is 6. The number of hydrogen-bond donors (Lipinski definition) is 3. The van der Waals surface area contributed by atoms with Gasteiger partial charge in [0, 0.05) is 47.0 Å². The molecule has 2 spiro atoms. The van der Waals surface area contributed by atoms with E-state index in [4.69, 9.17) is 4.74 Å². The lowest BCUT2D eigenvalue weighted by atomic mass is 9.32. The third kappa shape index (κ3) is 7.76. The van der Waals surface area contributed by atoms with Gasteiger partial charge in [-0.1, -0.05) is 86.7 Å². The molecule has 3 fully saturated rings. The third-order valence-electron chi connectivity index (χ3n) is 15.3. The van der Waals surface area contributed by atoms with Crippen LogP contribution in [0.2, 0.25) is 0 Å². The highest BCUT2D eigenvalue weighted by Gasteiger charge is 2.74. The second-order valence-corrected chi connectivity index (χ2v) is 18.7. The summed E-state index contributed by atoms with van der Waals surface area (Å²) in [6.07, 6.45) is -1.18. The number of fused-ring (bicyclic) bond motifs is 1. The fraction of sp³-hybridized carbons (Fsp3) is 0.521. The van der Waals surface area contributed by atoms with Crippen molar-refractivity contribution in [2.75, 3.05) is 19.7 Å². The zero-order chi connectivity index (χ0) is 43.6. The standard InChI is InChI=1S/C48H53F6NO6/c1-42-18-15-35(56)24-44(42)21-22-46(38(25-44)41(58)33-9-6-10-34(23-33)47(49,50)51)39(42)16-19-43(2)40(46)17-20-45(43,59)30-55(26-31-11-13-37(14-12-31)61-48(52,53)54)27-36(57)29-60-28-32-7-4-3-5-8-32/h3-14,21-23,25,35-36,39-40,56-57,59H,15-20,24,26-30H2,1-2H3/t35?,36-,39-,40-,42-,43+,44+,45-,46-/m1/s1. The molecule has 0 amide bonds. The lowest BCUT2D eigenvalue weighted by Gasteiger charge is -2.71. The zero-order valence-corrected chi connectivity index (χ0v) is 34.3. The van der Waals surface area contributed by atoms with E-state index in [1.165, 1.54) is 36.4 Å². The van der Waals surface area contributed by atoms with E-state index in [1.807, 2.05) is 48.2 Å². The highest BCUT2D eigenvalue weighted by Crippen LogP contribution is 2.78.